The third kappa shape index (κ3) is 11.1. The minimum atomic E-state index is -0.151. The van der Waals surface area contributed by atoms with Gasteiger partial charge in [0.05, 0.1) is 6.61 Å². The van der Waals surface area contributed by atoms with Gasteiger partial charge in [0, 0.05) is 0 Å². The average molecular weight is 302 g/mol. The average Bonchev–Trinajstić information content (AvgIpc) is 2.48. The van der Waals surface area contributed by atoms with Crippen LogP contribution in [-0.4, -0.2) is 12.2 Å². The first kappa shape index (κ1) is 20.9. The van der Waals surface area contributed by atoms with Crippen LogP contribution in [0.4, 0.5) is 0 Å². The fraction of sp³-hybridized carbons (Fsp3) is 1.00. The van der Waals surface area contributed by atoms with Gasteiger partial charge in [0.1, 0.15) is 5.60 Å². The highest BCUT2D eigenvalue weighted by Gasteiger charge is 2.31. The Labute approximate surface area is 132 Å². The van der Waals surface area contributed by atoms with Gasteiger partial charge in [-0.05, 0) is 25.7 Å². The van der Waals surface area contributed by atoms with E-state index in [0.717, 1.165) is 38.5 Å². The number of hydrogen-bond donors (Lipinski definition) is 0. The second kappa shape index (κ2) is 14.8. The topological polar surface area (TPSA) is 27.7 Å². The van der Waals surface area contributed by atoms with Crippen molar-refractivity contribution in [1.29, 1.82) is 0 Å². The second-order valence-electron chi connectivity index (χ2n) is 6.17. The van der Waals surface area contributed by atoms with Gasteiger partial charge in [0.25, 0.3) is 0 Å². The smallest absolute Gasteiger partial charge is 0.107 e. The molecule has 0 bridgehead atoms. The first-order valence-corrected chi connectivity index (χ1v) is 9.22. The highest BCUT2D eigenvalue weighted by atomic mass is 17.5. The van der Waals surface area contributed by atoms with Crippen molar-refractivity contribution < 1.29 is 14.8 Å². The summed E-state index contributed by atoms with van der Waals surface area (Å²) in [4.78, 5) is 10.8. The van der Waals surface area contributed by atoms with Crippen molar-refractivity contribution in [3.63, 3.8) is 0 Å². The van der Waals surface area contributed by atoms with E-state index in [0.29, 0.717) is 6.61 Å². The van der Waals surface area contributed by atoms with E-state index in [4.69, 9.17) is 14.8 Å². The van der Waals surface area contributed by atoms with Crippen LogP contribution in [0, 0.1) is 0 Å². The molecular weight excluding hydrogens is 264 g/mol. The van der Waals surface area contributed by atoms with Gasteiger partial charge in [-0.15, -0.1) is 0 Å². The fourth-order valence-electron chi connectivity index (χ4n) is 2.85. The maximum Gasteiger partial charge on any atom is 0.107 e. The van der Waals surface area contributed by atoms with Crippen LogP contribution in [0.5, 0.6) is 0 Å². The Kier molecular flexibility index (Phi) is 14.7. The summed E-state index contributed by atoms with van der Waals surface area (Å²) in [5.41, 5.74) is -0.151. The summed E-state index contributed by atoms with van der Waals surface area (Å²) in [6.45, 7) is 9.33. The van der Waals surface area contributed by atoms with Gasteiger partial charge in [0.2, 0.25) is 0 Å². The molecular formula is C18H38O3. The number of rotatable bonds is 16. The molecule has 0 amide bonds. The molecule has 0 atom stereocenters. The quantitative estimate of drug-likeness (QED) is 0.188. The Hall–Kier alpha value is -0.120. The molecule has 0 aromatic heterocycles. The molecule has 0 N–H and O–H groups in total. The summed E-state index contributed by atoms with van der Waals surface area (Å²) in [6.07, 6.45) is 14.2. The van der Waals surface area contributed by atoms with Crippen molar-refractivity contribution in [2.24, 2.45) is 0 Å². The molecule has 0 saturated carbocycles. The van der Waals surface area contributed by atoms with Gasteiger partial charge >= 0.3 is 0 Å². The Morgan fingerprint density at radius 3 is 1.81 bits per heavy atom. The van der Waals surface area contributed by atoms with E-state index in [2.05, 4.69) is 27.7 Å². The highest BCUT2D eigenvalue weighted by molar-refractivity contribution is 4.78. The van der Waals surface area contributed by atoms with E-state index in [-0.39, 0.29) is 5.60 Å². The van der Waals surface area contributed by atoms with Gasteiger partial charge in [-0.2, -0.15) is 4.89 Å². The zero-order valence-corrected chi connectivity index (χ0v) is 14.9. The van der Waals surface area contributed by atoms with Crippen molar-refractivity contribution in [3.05, 3.63) is 0 Å². The predicted molar refractivity (Wildman–Crippen MR) is 89.0 cm³/mol. The lowest BCUT2D eigenvalue weighted by atomic mass is 9.87. The third-order valence-electron chi connectivity index (χ3n) is 3.94. The van der Waals surface area contributed by atoms with Crippen molar-refractivity contribution in [2.45, 2.75) is 110 Å². The van der Waals surface area contributed by atoms with Crippen molar-refractivity contribution in [2.75, 3.05) is 6.61 Å². The van der Waals surface area contributed by atoms with Gasteiger partial charge < -0.3 is 0 Å². The molecule has 128 valence electrons. The second-order valence-corrected chi connectivity index (χ2v) is 6.17. The van der Waals surface area contributed by atoms with Crippen LogP contribution < -0.4 is 0 Å². The van der Waals surface area contributed by atoms with Crippen molar-refractivity contribution in [1.82, 2.24) is 0 Å². The molecule has 0 aliphatic rings. The lowest BCUT2D eigenvalue weighted by Gasteiger charge is -2.31. The minimum Gasteiger partial charge on any atom is -0.206 e. The summed E-state index contributed by atoms with van der Waals surface area (Å²) >= 11 is 0. The molecule has 0 aromatic rings. The van der Waals surface area contributed by atoms with Crippen LogP contribution in [0.25, 0.3) is 0 Å². The molecule has 0 saturated heterocycles. The normalized spacial score (nSPS) is 12.0. The van der Waals surface area contributed by atoms with Crippen LogP contribution in [0.2, 0.25) is 0 Å². The zero-order valence-electron chi connectivity index (χ0n) is 14.9. The Bertz CT molecular complexity index is 201. The number of hydrogen-bond acceptors (Lipinski definition) is 3. The van der Waals surface area contributed by atoms with E-state index >= 15 is 0 Å². The maximum atomic E-state index is 5.72. The molecule has 0 heterocycles. The van der Waals surface area contributed by atoms with Gasteiger partial charge in [-0.1, -0.05) is 84.1 Å². The summed E-state index contributed by atoms with van der Waals surface area (Å²) in [6, 6.07) is 0. The van der Waals surface area contributed by atoms with E-state index in [1.54, 1.807) is 0 Å². The minimum absolute atomic E-state index is 0.151. The van der Waals surface area contributed by atoms with E-state index in [9.17, 15) is 0 Å². The van der Waals surface area contributed by atoms with Crippen LogP contribution in [-0.2, 0) is 14.8 Å². The summed E-state index contributed by atoms with van der Waals surface area (Å²) in [5, 5.41) is 5.04. The molecule has 0 unspecified atom stereocenters. The summed E-state index contributed by atoms with van der Waals surface area (Å²) in [7, 11) is 0. The largest absolute Gasteiger partial charge is 0.206 e. The molecule has 0 spiro atoms. The summed E-state index contributed by atoms with van der Waals surface area (Å²) < 4.78 is 0. The standard InChI is InChI=1S/C18H38O3/c1-5-9-10-11-12-13-16-18(14-6-2,15-7-3)20-21-19-17-8-4/h5-17H2,1-4H3. The lowest BCUT2D eigenvalue weighted by Crippen LogP contribution is -2.33. The molecule has 0 fully saturated rings. The van der Waals surface area contributed by atoms with Gasteiger partial charge in [0.15, 0.2) is 0 Å². The van der Waals surface area contributed by atoms with Gasteiger partial charge in [-0.25, -0.2) is 4.89 Å². The first-order chi connectivity index (χ1) is 10.2. The van der Waals surface area contributed by atoms with Crippen molar-refractivity contribution >= 4 is 0 Å². The molecule has 0 rings (SSSR count). The number of unbranched alkanes of at least 4 members (excludes halogenated alkanes) is 5. The lowest BCUT2D eigenvalue weighted by molar-refractivity contribution is -0.545. The molecule has 0 aliphatic carbocycles. The van der Waals surface area contributed by atoms with E-state index < -0.39 is 0 Å². The Morgan fingerprint density at radius 2 is 1.24 bits per heavy atom. The molecule has 0 aliphatic heterocycles. The molecule has 0 aromatic carbocycles. The molecule has 3 heteroatoms. The Balaban J connectivity index is 4.14. The molecule has 3 nitrogen and oxygen atoms in total. The van der Waals surface area contributed by atoms with Gasteiger partial charge in [-0.3, -0.25) is 0 Å². The maximum absolute atomic E-state index is 5.72. The zero-order chi connectivity index (χ0) is 15.8. The third-order valence-corrected chi connectivity index (χ3v) is 3.94. The SMILES string of the molecule is CCCCCCCCC(CCC)(CCC)OOOCCC. The van der Waals surface area contributed by atoms with Crippen LogP contribution in [0.3, 0.4) is 0 Å². The van der Waals surface area contributed by atoms with Crippen LogP contribution >= 0.6 is 0 Å². The molecule has 21 heavy (non-hydrogen) atoms. The summed E-state index contributed by atoms with van der Waals surface area (Å²) in [5.74, 6) is 0. The van der Waals surface area contributed by atoms with E-state index in [1.165, 1.54) is 38.5 Å². The monoisotopic (exact) mass is 302 g/mol. The van der Waals surface area contributed by atoms with Crippen LogP contribution in [0.1, 0.15) is 105 Å². The van der Waals surface area contributed by atoms with Crippen molar-refractivity contribution in [3.8, 4) is 0 Å². The Morgan fingerprint density at radius 1 is 0.619 bits per heavy atom. The molecule has 0 radical (unpaired) electrons. The fourth-order valence-corrected chi connectivity index (χ4v) is 2.85. The first-order valence-electron chi connectivity index (χ1n) is 9.22. The van der Waals surface area contributed by atoms with Crippen LogP contribution in [0.15, 0.2) is 0 Å². The van der Waals surface area contributed by atoms with E-state index in [1.807, 2.05) is 0 Å². The highest BCUT2D eigenvalue weighted by Crippen LogP contribution is 2.31. The predicted octanol–water partition coefficient (Wildman–Crippen LogP) is 6.37.